The molecular formula is C18H19Cl2NO7. The molecule has 2 aromatic carbocycles. The number of amides is 1. The highest BCUT2D eigenvalue weighted by Gasteiger charge is 2.25. The van der Waals surface area contributed by atoms with E-state index in [2.05, 4.69) is 0 Å². The topological polar surface area (TPSA) is 109 Å². The first-order valence-electron chi connectivity index (χ1n) is 7.84. The number of benzene rings is 2. The third-order valence-electron chi connectivity index (χ3n) is 4.03. The zero-order valence-corrected chi connectivity index (χ0v) is 17.1. The minimum Gasteiger partial charge on any atom is -0.504 e. The highest BCUT2D eigenvalue weighted by molar-refractivity contribution is 6.33. The quantitative estimate of drug-likeness (QED) is 0.601. The second-order valence-electron chi connectivity index (χ2n) is 5.73. The number of carbonyl (C=O) groups excluding carboxylic acids is 1. The fourth-order valence-electron chi connectivity index (χ4n) is 2.60. The Labute approximate surface area is 171 Å². The summed E-state index contributed by atoms with van der Waals surface area (Å²) in [5.74, 6) is -2.14. The van der Waals surface area contributed by atoms with E-state index in [0.29, 0.717) is 17.1 Å². The van der Waals surface area contributed by atoms with Crippen LogP contribution in [0.25, 0.3) is 0 Å². The Balaban J connectivity index is 2.43. The molecule has 0 unspecified atom stereocenters. The zero-order valence-electron chi connectivity index (χ0n) is 15.5. The standard InChI is InChI=1S/C18H19Cl2NO7/c1-21(18(25)9-6-10(19)14(23)15(24)13(9)22)7-8-5-11(26-2)16(27-3)17(28-4)12(8)20/h5-6,22-24H,7H2,1-4H3. The van der Waals surface area contributed by atoms with Crippen molar-refractivity contribution in [2.24, 2.45) is 0 Å². The molecule has 0 saturated carbocycles. The van der Waals surface area contributed by atoms with Gasteiger partial charge in [0, 0.05) is 13.6 Å². The SMILES string of the molecule is COc1cc(CN(C)C(=O)c2cc(Cl)c(O)c(O)c2O)c(Cl)c(OC)c1OC. The van der Waals surface area contributed by atoms with E-state index in [9.17, 15) is 20.1 Å². The molecule has 0 heterocycles. The first kappa shape index (κ1) is 21.6. The molecule has 0 bridgehead atoms. The van der Waals surface area contributed by atoms with E-state index >= 15 is 0 Å². The van der Waals surface area contributed by atoms with E-state index in [-0.39, 0.29) is 27.9 Å². The fourth-order valence-corrected chi connectivity index (χ4v) is 3.07. The van der Waals surface area contributed by atoms with Crippen LogP contribution in [0.1, 0.15) is 15.9 Å². The van der Waals surface area contributed by atoms with Crippen molar-refractivity contribution in [3.05, 3.63) is 33.3 Å². The second-order valence-corrected chi connectivity index (χ2v) is 6.52. The number of aromatic hydroxyl groups is 3. The molecule has 0 aliphatic rings. The van der Waals surface area contributed by atoms with Gasteiger partial charge in [-0.25, -0.2) is 0 Å². The van der Waals surface area contributed by atoms with E-state index < -0.39 is 23.2 Å². The number of phenols is 3. The molecule has 3 N–H and O–H groups in total. The van der Waals surface area contributed by atoms with Crippen molar-refractivity contribution >= 4 is 29.1 Å². The predicted molar refractivity (Wildman–Crippen MR) is 103 cm³/mol. The molecule has 0 radical (unpaired) electrons. The highest BCUT2D eigenvalue weighted by Crippen LogP contribution is 2.45. The van der Waals surface area contributed by atoms with Gasteiger partial charge in [-0.3, -0.25) is 4.79 Å². The lowest BCUT2D eigenvalue weighted by Gasteiger charge is -2.22. The summed E-state index contributed by atoms with van der Waals surface area (Å²) in [5, 5.41) is 29.2. The molecule has 2 aromatic rings. The number of carbonyl (C=O) groups is 1. The van der Waals surface area contributed by atoms with Crippen LogP contribution in [0, 0.1) is 0 Å². The van der Waals surface area contributed by atoms with E-state index in [1.54, 1.807) is 6.07 Å². The lowest BCUT2D eigenvalue weighted by molar-refractivity contribution is 0.0781. The molecule has 0 aliphatic carbocycles. The Bertz CT molecular complexity index is 918. The summed E-state index contributed by atoms with van der Waals surface area (Å²) in [4.78, 5) is 13.9. The molecule has 152 valence electrons. The highest BCUT2D eigenvalue weighted by atomic mass is 35.5. The molecule has 2 rings (SSSR count). The van der Waals surface area contributed by atoms with Gasteiger partial charge in [-0.05, 0) is 17.7 Å². The van der Waals surface area contributed by atoms with Crippen molar-refractivity contribution in [3.8, 4) is 34.5 Å². The summed E-state index contributed by atoms with van der Waals surface area (Å²) in [6.07, 6.45) is 0. The van der Waals surface area contributed by atoms with Gasteiger partial charge in [0.15, 0.2) is 23.0 Å². The molecule has 0 saturated heterocycles. The minimum absolute atomic E-state index is 0.00702. The van der Waals surface area contributed by atoms with Gasteiger partial charge in [-0.15, -0.1) is 0 Å². The number of hydrogen-bond acceptors (Lipinski definition) is 7. The van der Waals surface area contributed by atoms with Gasteiger partial charge >= 0.3 is 0 Å². The Morgan fingerprint density at radius 3 is 2.11 bits per heavy atom. The smallest absolute Gasteiger partial charge is 0.257 e. The Hall–Kier alpha value is -2.71. The molecule has 0 atom stereocenters. The third-order valence-corrected chi connectivity index (χ3v) is 4.73. The van der Waals surface area contributed by atoms with Crippen LogP contribution in [-0.4, -0.2) is 54.5 Å². The summed E-state index contributed by atoms with van der Waals surface area (Å²) in [6, 6.07) is 2.65. The number of methoxy groups -OCH3 is 3. The van der Waals surface area contributed by atoms with Crippen LogP contribution in [0.2, 0.25) is 10.0 Å². The lowest BCUT2D eigenvalue weighted by atomic mass is 10.1. The molecule has 0 aliphatic heterocycles. The van der Waals surface area contributed by atoms with Crippen molar-refractivity contribution in [2.45, 2.75) is 6.54 Å². The number of halogens is 2. The summed E-state index contributed by atoms with van der Waals surface area (Å²) in [5.41, 5.74) is 0.201. The average Bonchev–Trinajstić information content (AvgIpc) is 2.69. The van der Waals surface area contributed by atoms with Crippen LogP contribution in [0.3, 0.4) is 0 Å². The Morgan fingerprint density at radius 2 is 1.57 bits per heavy atom. The van der Waals surface area contributed by atoms with Crippen LogP contribution in [0.15, 0.2) is 12.1 Å². The maximum Gasteiger partial charge on any atom is 0.257 e. The van der Waals surface area contributed by atoms with Crippen molar-refractivity contribution in [1.29, 1.82) is 0 Å². The first-order valence-corrected chi connectivity index (χ1v) is 8.59. The first-order chi connectivity index (χ1) is 13.2. The maximum absolute atomic E-state index is 12.7. The van der Waals surface area contributed by atoms with Crippen LogP contribution < -0.4 is 14.2 Å². The van der Waals surface area contributed by atoms with Crippen molar-refractivity contribution in [1.82, 2.24) is 4.90 Å². The monoisotopic (exact) mass is 431 g/mol. The fraction of sp³-hybridized carbons (Fsp3) is 0.278. The Morgan fingerprint density at radius 1 is 0.964 bits per heavy atom. The van der Waals surface area contributed by atoms with Crippen LogP contribution in [-0.2, 0) is 6.54 Å². The van der Waals surface area contributed by atoms with Crippen LogP contribution in [0.5, 0.6) is 34.5 Å². The van der Waals surface area contributed by atoms with Gasteiger partial charge < -0.3 is 34.4 Å². The third kappa shape index (κ3) is 3.79. The van der Waals surface area contributed by atoms with Crippen LogP contribution >= 0.6 is 23.2 Å². The predicted octanol–water partition coefficient (Wildman–Crippen LogP) is 3.41. The van der Waals surface area contributed by atoms with Gasteiger partial charge in [0.05, 0.1) is 36.9 Å². The summed E-state index contributed by atoms with van der Waals surface area (Å²) < 4.78 is 15.8. The van der Waals surface area contributed by atoms with E-state index in [0.717, 1.165) is 6.07 Å². The average molecular weight is 432 g/mol. The number of phenolic OH excluding ortho intramolecular Hbond substituents is 3. The van der Waals surface area contributed by atoms with Crippen molar-refractivity contribution in [2.75, 3.05) is 28.4 Å². The normalized spacial score (nSPS) is 10.5. The van der Waals surface area contributed by atoms with Gasteiger partial charge in [0.1, 0.15) is 0 Å². The van der Waals surface area contributed by atoms with Crippen molar-refractivity contribution < 1.29 is 34.3 Å². The molecule has 0 aromatic heterocycles. The van der Waals surface area contributed by atoms with Gasteiger partial charge in [-0.2, -0.15) is 0 Å². The molecule has 0 fully saturated rings. The van der Waals surface area contributed by atoms with Crippen LogP contribution in [0.4, 0.5) is 0 Å². The molecule has 8 nitrogen and oxygen atoms in total. The zero-order chi connectivity index (χ0) is 21.2. The van der Waals surface area contributed by atoms with Gasteiger partial charge in [0.2, 0.25) is 11.5 Å². The van der Waals surface area contributed by atoms with Gasteiger partial charge in [0.25, 0.3) is 5.91 Å². The maximum atomic E-state index is 12.7. The van der Waals surface area contributed by atoms with Gasteiger partial charge in [-0.1, -0.05) is 23.2 Å². The number of nitrogens with zero attached hydrogens (tertiary/aromatic N) is 1. The molecule has 10 heteroatoms. The molecule has 0 spiro atoms. The van der Waals surface area contributed by atoms with E-state index in [1.165, 1.54) is 33.3 Å². The second kappa shape index (κ2) is 8.53. The number of rotatable bonds is 6. The molecular weight excluding hydrogens is 413 g/mol. The summed E-state index contributed by atoms with van der Waals surface area (Å²) in [6.45, 7) is 0.00702. The molecule has 1 amide bonds. The summed E-state index contributed by atoms with van der Waals surface area (Å²) in [7, 11) is 5.76. The minimum atomic E-state index is -0.880. The number of hydrogen-bond donors (Lipinski definition) is 3. The largest absolute Gasteiger partial charge is 0.504 e. The van der Waals surface area contributed by atoms with E-state index in [4.69, 9.17) is 37.4 Å². The molecule has 28 heavy (non-hydrogen) atoms. The van der Waals surface area contributed by atoms with Crippen molar-refractivity contribution in [3.63, 3.8) is 0 Å². The lowest BCUT2D eigenvalue weighted by Crippen LogP contribution is -2.26. The summed E-state index contributed by atoms with van der Waals surface area (Å²) >= 11 is 12.2. The van der Waals surface area contributed by atoms with E-state index in [1.807, 2.05) is 0 Å². The Kier molecular flexibility index (Phi) is 6.58. The number of ether oxygens (including phenoxy) is 3.